The van der Waals surface area contributed by atoms with Crippen LogP contribution in [-0.4, -0.2) is 15.7 Å². The minimum atomic E-state index is -0.292. The Labute approximate surface area is 110 Å². The predicted octanol–water partition coefficient (Wildman–Crippen LogP) is 0.804. The summed E-state index contributed by atoms with van der Waals surface area (Å²) in [5.74, 6) is -0.292. The molecule has 19 heavy (non-hydrogen) atoms. The minimum Gasteiger partial charge on any atom is -0.396 e. The van der Waals surface area contributed by atoms with Crippen LogP contribution in [0.2, 0.25) is 0 Å². The van der Waals surface area contributed by atoms with Crippen LogP contribution in [0.3, 0.4) is 0 Å². The lowest BCUT2D eigenvalue weighted by atomic mass is 10.1. The number of amides is 1. The molecule has 0 unspecified atom stereocenters. The number of anilines is 1. The van der Waals surface area contributed by atoms with Crippen LogP contribution in [0.15, 0.2) is 30.5 Å². The predicted molar refractivity (Wildman–Crippen MR) is 69.9 cm³/mol. The van der Waals surface area contributed by atoms with Gasteiger partial charge in [-0.3, -0.25) is 9.48 Å². The Kier molecular flexibility index (Phi) is 3.48. The first-order valence-corrected chi connectivity index (χ1v) is 5.66. The maximum absolute atomic E-state index is 12.0. The van der Waals surface area contributed by atoms with Gasteiger partial charge in [-0.25, -0.2) is 0 Å². The molecule has 1 amide bonds. The Hall–Kier alpha value is -2.81. The lowest BCUT2D eigenvalue weighted by Gasteiger charge is -2.06. The van der Waals surface area contributed by atoms with Gasteiger partial charge >= 0.3 is 0 Å². The summed E-state index contributed by atoms with van der Waals surface area (Å²) in [6.07, 6.45) is 1.44. The van der Waals surface area contributed by atoms with Crippen LogP contribution in [0, 0.1) is 11.3 Å². The molecular weight excluding hydrogens is 242 g/mol. The third-order valence-corrected chi connectivity index (χ3v) is 2.69. The molecule has 0 aliphatic heterocycles. The van der Waals surface area contributed by atoms with Crippen LogP contribution in [0.25, 0.3) is 0 Å². The molecular formula is C13H13N5O. The molecule has 2 aromatic rings. The second-order valence-electron chi connectivity index (χ2n) is 4.07. The number of nitrogens with zero attached hydrogens (tertiary/aromatic N) is 3. The first-order valence-electron chi connectivity index (χ1n) is 5.66. The number of hydrogen-bond acceptors (Lipinski definition) is 4. The van der Waals surface area contributed by atoms with E-state index < -0.39 is 0 Å². The van der Waals surface area contributed by atoms with Crippen molar-refractivity contribution < 1.29 is 4.79 Å². The van der Waals surface area contributed by atoms with Crippen LogP contribution in [0.5, 0.6) is 0 Å². The number of aromatic nitrogens is 2. The zero-order valence-electron chi connectivity index (χ0n) is 10.4. The van der Waals surface area contributed by atoms with Gasteiger partial charge in [0.25, 0.3) is 5.91 Å². The van der Waals surface area contributed by atoms with Gasteiger partial charge in [0.2, 0.25) is 0 Å². The van der Waals surface area contributed by atoms with Crippen LogP contribution in [0.4, 0.5) is 5.69 Å². The molecule has 0 saturated carbocycles. The van der Waals surface area contributed by atoms with Crippen molar-refractivity contribution in [3.05, 3.63) is 47.3 Å². The topological polar surface area (TPSA) is 96.7 Å². The largest absolute Gasteiger partial charge is 0.396 e. The zero-order chi connectivity index (χ0) is 13.8. The van der Waals surface area contributed by atoms with E-state index >= 15 is 0 Å². The maximum atomic E-state index is 12.0. The van der Waals surface area contributed by atoms with Gasteiger partial charge in [0.1, 0.15) is 5.69 Å². The highest BCUT2D eigenvalue weighted by molar-refractivity contribution is 5.97. The van der Waals surface area contributed by atoms with Crippen LogP contribution < -0.4 is 11.1 Å². The van der Waals surface area contributed by atoms with Crippen LogP contribution >= 0.6 is 0 Å². The maximum Gasteiger partial charge on any atom is 0.271 e. The number of nitrogens with two attached hydrogens (primary N) is 1. The van der Waals surface area contributed by atoms with Gasteiger partial charge < -0.3 is 11.1 Å². The standard InChI is InChI=1S/C13H13N5O/c1-18-12(11(15)8-17-18)13(19)16-7-10-4-2-3-9(5-10)6-14/h2-5,8H,7,15H2,1H3,(H,16,19). The second kappa shape index (κ2) is 5.23. The van der Waals surface area contributed by atoms with Gasteiger partial charge in [-0.15, -0.1) is 0 Å². The van der Waals surface area contributed by atoms with E-state index in [9.17, 15) is 4.79 Å². The Morgan fingerprint density at radius 1 is 1.58 bits per heavy atom. The molecule has 96 valence electrons. The molecule has 0 fully saturated rings. The van der Waals surface area contributed by atoms with Gasteiger partial charge in [-0.2, -0.15) is 10.4 Å². The molecule has 0 bridgehead atoms. The van der Waals surface area contributed by atoms with Gasteiger partial charge in [-0.1, -0.05) is 12.1 Å². The van der Waals surface area contributed by atoms with E-state index in [1.165, 1.54) is 10.9 Å². The highest BCUT2D eigenvalue weighted by Gasteiger charge is 2.14. The van der Waals surface area contributed by atoms with Crippen LogP contribution in [0.1, 0.15) is 21.6 Å². The van der Waals surface area contributed by atoms with E-state index in [-0.39, 0.29) is 5.91 Å². The number of hydrogen-bond donors (Lipinski definition) is 2. The molecule has 0 spiro atoms. The summed E-state index contributed by atoms with van der Waals surface area (Å²) in [5, 5.41) is 15.4. The average molecular weight is 255 g/mol. The molecule has 0 aliphatic rings. The molecule has 1 aromatic carbocycles. The summed E-state index contributed by atoms with van der Waals surface area (Å²) in [6, 6.07) is 9.11. The number of nitrogens with one attached hydrogen (secondary N) is 1. The fraction of sp³-hybridized carbons (Fsp3) is 0.154. The summed E-state index contributed by atoms with van der Waals surface area (Å²) >= 11 is 0. The van der Waals surface area contributed by atoms with E-state index in [0.717, 1.165) is 5.56 Å². The summed E-state index contributed by atoms with van der Waals surface area (Å²) in [4.78, 5) is 12.0. The number of rotatable bonds is 3. The molecule has 3 N–H and O–H groups in total. The Bertz CT molecular complexity index is 634. The van der Waals surface area contributed by atoms with Crippen LogP contribution in [-0.2, 0) is 13.6 Å². The zero-order valence-corrected chi connectivity index (χ0v) is 10.4. The lowest BCUT2D eigenvalue weighted by Crippen LogP contribution is -2.26. The number of aryl methyl sites for hydroxylation is 1. The number of carbonyl (C=O) groups is 1. The van der Waals surface area contributed by atoms with Gasteiger partial charge in [0, 0.05) is 13.6 Å². The fourth-order valence-corrected chi connectivity index (χ4v) is 1.75. The number of nitriles is 1. The summed E-state index contributed by atoms with van der Waals surface area (Å²) in [5.41, 5.74) is 7.76. The molecule has 6 nitrogen and oxygen atoms in total. The first kappa shape index (κ1) is 12.6. The SMILES string of the molecule is Cn1ncc(N)c1C(=O)NCc1cccc(C#N)c1. The van der Waals surface area contributed by atoms with Gasteiger partial charge in [0.15, 0.2) is 0 Å². The highest BCUT2D eigenvalue weighted by atomic mass is 16.2. The Morgan fingerprint density at radius 3 is 3.00 bits per heavy atom. The van der Waals surface area contributed by atoms with E-state index in [2.05, 4.69) is 16.5 Å². The normalized spacial score (nSPS) is 9.89. The van der Waals surface area contributed by atoms with Crippen molar-refractivity contribution in [3.8, 4) is 6.07 Å². The number of benzene rings is 1. The third-order valence-electron chi connectivity index (χ3n) is 2.69. The second-order valence-corrected chi connectivity index (χ2v) is 4.07. The van der Waals surface area contributed by atoms with Crippen molar-refractivity contribution in [1.82, 2.24) is 15.1 Å². The molecule has 0 aliphatic carbocycles. The van der Waals surface area contributed by atoms with E-state index in [1.807, 2.05) is 6.07 Å². The molecule has 1 aromatic heterocycles. The van der Waals surface area contributed by atoms with Crippen molar-refractivity contribution in [2.45, 2.75) is 6.54 Å². The summed E-state index contributed by atoms with van der Waals surface area (Å²) in [6.45, 7) is 0.332. The summed E-state index contributed by atoms with van der Waals surface area (Å²) in [7, 11) is 1.65. The minimum absolute atomic E-state index is 0.292. The highest BCUT2D eigenvalue weighted by Crippen LogP contribution is 2.09. The van der Waals surface area contributed by atoms with E-state index in [0.29, 0.717) is 23.5 Å². The Balaban J connectivity index is 2.07. The smallest absolute Gasteiger partial charge is 0.271 e. The third kappa shape index (κ3) is 2.72. The fourth-order valence-electron chi connectivity index (χ4n) is 1.75. The monoisotopic (exact) mass is 255 g/mol. The van der Waals surface area contributed by atoms with Crippen molar-refractivity contribution >= 4 is 11.6 Å². The number of carbonyl (C=O) groups excluding carboxylic acids is 1. The van der Waals surface area contributed by atoms with Crippen molar-refractivity contribution in [2.24, 2.45) is 7.05 Å². The van der Waals surface area contributed by atoms with Crippen molar-refractivity contribution in [1.29, 1.82) is 5.26 Å². The number of nitrogen functional groups attached to an aromatic ring is 1. The van der Waals surface area contributed by atoms with Gasteiger partial charge in [-0.05, 0) is 17.7 Å². The molecule has 0 saturated heterocycles. The molecule has 0 radical (unpaired) electrons. The molecule has 0 atom stereocenters. The quantitative estimate of drug-likeness (QED) is 0.847. The van der Waals surface area contributed by atoms with E-state index in [1.54, 1.807) is 25.2 Å². The van der Waals surface area contributed by atoms with Crippen molar-refractivity contribution in [3.63, 3.8) is 0 Å². The lowest BCUT2D eigenvalue weighted by molar-refractivity contribution is 0.0942. The van der Waals surface area contributed by atoms with E-state index in [4.69, 9.17) is 11.0 Å². The van der Waals surface area contributed by atoms with Gasteiger partial charge in [0.05, 0.1) is 23.5 Å². The molecule has 6 heteroatoms. The Morgan fingerprint density at radius 2 is 2.37 bits per heavy atom. The molecule has 1 heterocycles. The molecule has 2 rings (SSSR count). The average Bonchev–Trinajstić information content (AvgIpc) is 2.76. The first-order chi connectivity index (χ1) is 9.11. The summed E-state index contributed by atoms with van der Waals surface area (Å²) < 4.78 is 1.43. The van der Waals surface area contributed by atoms with Crippen molar-refractivity contribution in [2.75, 3.05) is 5.73 Å².